The average molecular weight is 428 g/mol. The van der Waals surface area contributed by atoms with E-state index in [0.717, 1.165) is 14.4 Å². The van der Waals surface area contributed by atoms with Crippen molar-refractivity contribution in [3.63, 3.8) is 0 Å². The van der Waals surface area contributed by atoms with Gasteiger partial charge < -0.3 is 0 Å². The number of nitrogens with zero attached hydrogens (tertiary/aromatic N) is 2. The lowest BCUT2D eigenvalue weighted by Gasteiger charge is -2.11. The van der Waals surface area contributed by atoms with Crippen molar-refractivity contribution in [3.05, 3.63) is 63.6 Å². The second-order valence-electron chi connectivity index (χ2n) is 5.10. The average Bonchev–Trinajstić information content (AvgIpc) is 2.54. The zero-order chi connectivity index (χ0) is 17.7. The van der Waals surface area contributed by atoms with Gasteiger partial charge in [-0.15, -0.1) is 0 Å². The molecular formula is C17H16BrClN2O2S. The van der Waals surface area contributed by atoms with Gasteiger partial charge >= 0.3 is 0 Å². The van der Waals surface area contributed by atoms with Crippen molar-refractivity contribution < 1.29 is 8.42 Å². The molecule has 0 heterocycles. The first-order chi connectivity index (χ1) is 11.3. The Morgan fingerprint density at radius 1 is 1.17 bits per heavy atom. The lowest BCUT2D eigenvalue weighted by molar-refractivity contribution is 0.521. The molecule has 0 saturated carbocycles. The molecule has 0 amide bonds. The first-order valence-electron chi connectivity index (χ1n) is 6.99. The van der Waals surface area contributed by atoms with Crippen molar-refractivity contribution >= 4 is 55.5 Å². The Balaban J connectivity index is 2.31. The molecule has 0 N–H and O–H groups in total. The van der Waals surface area contributed by atoms with Crippen LogP contribution in [0.3, 0.4) is 0 Å². The molecule has 0 unspecified atom stereocenters. The van der Waals surface area contributed by atoms with Crippen molar-refractivity contribution in [2.24, 2.45) is 4.99 Å². The van der Waals surface area contributed by atoms with E-state index in [2.05, 4.69) is 20.9 Å². The van der Waals surface area contributed by atoms with Gasteiger partial charge in [0.25, 0.3) is 0 Å². The van der Waals surface area contributed by atoms with Crippen molar-refractivity contribution in [1.29, 1.82) is 0 Å². The molecule has 0 saturated heterocycles. The molecule has 0 radical (unpaired) electrons. The van der Waals surface area contributed by atoms with E-state index in [1.54, 1.807) is 6.21 Å². The number of hydrogen-bond acceptors (Lipinski definition) is 3. The molecule has 0 atom stereocenters. The Bertz CT molecular complexity index is 879. The fraction of sp³-hybridized carbons (Fsp3) is 0.118. The second-order valence-corrected chi connectivity index (χ2v) is 8.57. The molecule has 0 aliphatic carbocycles. The van der Waals surface area contributed by atoms with Crippen LogP contribution in [0, 0.1) is 0 Å². The normalized spacial score (nSPS) is 13.0. The Labute approximate surface area is 155 Å². The summed E-state index contributed by atoms with van der Waals surface area (Å²) in [5.74, 6) is 0. The van der Waals surface area contributed by atoms with Gasteiger partial charge in [0.15, 0.2) is 0 Å². The lowest BCUT2D eigenvalue weighted by Crippen LogP contribution is -2.22. The number of aliphatic imine (C=N–C) groups is 1. The number of rotatable bonds is 5. The van der Waals surface area contributed by atoms with Crippen LogP contribution in [0.15, 0.2) is 62.9 Å². The van der Waals surface area contributed by atoms with Crippen molar-refractivity contribution in [2.75, 3.05) is 14.1 Å². The van der Waals surface area contributed by atoms with E-state index in [0.29, 0.717) is 10.7 Å². The number of sulfonamides is 1. The van der Waals surface area contributed by atoms with E-state index in [9.17, 15) is 8.42 Å². The largest absolute Gasteiger partial charge is 0.254 e. The monoisotopic (exact) mass is 426 g/mol. The third kappa shape index (κ3) is 4.77. The molecule has 0 aromatic heterocycles. The first kappa shape index (κ1) is 18.9. The zero-order valence-electron chi connectivity index (χ0n) is 13.1. The molecule has 7 heteroatoms. The van der Waals surface area contributed by atoms with Gasteiger partial charge in [-0.1, -0.05) is 41.9 Å². The quantitative estimate of drug-likeness (QED) is 0.648. The summed E-state index contributed by atoms with van der Waals surface area (Å²) in [6.07, 6.45) is 3.48. The SMILES string of the molecule is CN(C)S(=O)(=O)c1ccc(Cl)c(N=CC(Br)=Cc2ccccc2)c1. The van der Waals surface area contributed by atoms with Gasteiger partial charge in [0.1, 0.15) is 0 Å². The van der Waals surface area contributed by atoms with E-state index in [-0.39, 0.29) is 4.90 Å². The first-order valence-corrected chi connectivity index (χ1v) is 9.60. The van der Waals surface area contributed by atoms with E-state index in [1.165, 1.54) is 32.3 Å². The minimum absolute atomic E-state index is 0.146. The molecule has 0 spiro atoms. The van der Waals surface area contributed by atoms with Gasteiger partial charge in [-0.3, -0.25) is 4.99 Å². The van der Waals surface area contributed by atoms with Crippen LogP contribution in [0.25, 0.3) is 6.08 Å². The molecule has 0 fully saturated rings. The maximum absolute atomic E-state index is 12.2. The van der Waals surface area contributed by atoms with Crippen LogP contribution in [0.2, 0.25) is 5.02 Å². The Morgan fingerprint density at radius 2 is 1.83 bits per heavy atom. The number of halogens is 2. The molecule has 4 nitrogen and oxygen atoms in total. The fourth-order valence-corrected chi connectivity index (χ4v) is 3.29. The Hall–Kier alpha value is -1.47. The smallest absolute Gasteiger partial charge is 0.242 e. The van der Waals surface area contributed by atoms with Crippen LogP contribution in [0.1, 0.15) is 5.56 Å². The molecule has 0 aliphatic heterocycles. The second kappa shape index (κ2) is 8.07. The van der Waals surface area contributed by atoms with Gasteiger partial charge in [0.2, 0.25) is 10.0 Å². The highest BCUT2D eigenvalue weighted by Crippen LogP contribution is 2.29. The minimum atomic E-state index is -3.53. The third-order valence-electron chi connectivity index (χ3n) is 3.13. The van der Waals surface area contributed by atoms with Crippen molar-refractivity contribution in [1.82, 2.24) is 4.31 Å². The number of hydrogen-bond donors (Lipinski definition) is 0. The van der Waals surface area contributed by atoms with E-state index < -0.39 is 10.0 Å². The lowest BCUT2D eigenvalue weighted by atomic mass is 10.2. The fourth-order valence-electron chi connectivity index (χ4n) is 1.84. The maximum atomic E-state index is 12.2. The summed E-state index contributed by atoms with van der Waals surface area (Å²) >= 11 is 9.53. The van der Waals surface area contributed by atoms with Gasteiger partial charge in [-0.25, -0.2) is 12.7 Å². The predicted octanol–water partition coefficient (Wildman–Crippen LogP) is 4.73. The summed E-state index contributed by atoms with van der Waals surface area (Å²) < 4.78 is 26.3. The highest BCUT2D eigenvalue weighted by atomic mass is 79.9. The molecule has 24 heavy (non-hydrogen) atoms. The minimum Gasteiger partial charge on any atom is -0.254 e. The maximum Gasteiger partial charge on any atom is 0.242 e. The number of benzene rings is 2. The van der Waals surface area contributed by atoms with Crippen LogP contribution in [0.5, 0.6) is 0 Å². The third-order valence-corrected chi connectivity index (χ3v) is 5.69. The summed E-state index contributed by atoms with van der Waals surface area (Å²) in [5.41, 5.74) is 1.41. The highest BCUT2D eigenvalue weighted by Gasteiger charge is 2.18. The molecule has 2 rings (SSSR count). The Morgan fingerprint density at radius 3 is 2.46 bits per heavy atom. The summed E-state index contributed by atoms with van der Waals surface area (Å²) in [6.45, 7) is 0. The molecule has 2 aromatic rings. The summed E-state index contributed by atoms with van der Waals surface area (Å²) in [4.78, 5) is 4.43. The van der Waals surface area contributed by atoms with E-state index in [1.807, 2.05) is 36.4 Å². The zero-order valence-corrected chi connectivity index (χ0v) is 16.3. The summed E-state index contributed by atoms with van der Waals surface area (Å²) in [6, 6.07) is 14.2. The van der Waals surface area contributed by atoms with E-state index >= 15 is 0 Å². The van der Waals surface area contributed by atoms with Crippen LogP contribution in [-0.2, 0) is 10.0 Å². The Kier molecular flexibility index (Phi) is 6.34. The topological polar surface area (TPSA) is 49.7 Å². The van der Waals surface area contributed by atoms with Crippen molar-refractivity contribution in [3.8, 4) is 0 Å². The summed E-state index contributed by atoms with van der Waals surface area (Å²) in [7, 11) is -0.572. The molecule has 2 aromatic carbocycles. The molecule has 126 valence electrons. The molecule has 0 bridgehead atoms. The van der Waals surface area contributed by atoms with Gasteiger partial charge in [0, 0.05) is 24.8 Å². The molecule has 0 aliphatic rings. The highest BCUT2D eigenvalue weighted by molar-refractivity contribution is 9.12. The van der Waals surface area contributed by atoms with E-state index in [4.69, 9.17) is 11.6 Å². The van der Waals surface area contributed by atoms with Crippen LogP contribution >= 0.6 is 27.5 Å². The predicted molar refractivity (Wildman–Crippen MR) is 104 cm³/mol. The van der Waals surface area contributed by atoms with Gasteiger partial charge in [0.05, 0.1) is 15.6 Å². The summed E-state index contributed by atoms with van der Waals surface area (Å²) in [5, 5.41) is 0.379. The van der Waals surface area contributed by atoms with Crippen LogP contribution in [0.4, 0.5) is 5.69 Å². The van der Waals surface area contributed by atoms with Gasteiger partial charge in [-0.05, 0) is 45.8 Å². The van der Waals surface area contributed by atoms with Crippen LogP contribution in [-0.4, -0.2) is 33.0 Å². The van der Waals surface area contributed by atoms with Crippen molar-refractivity contribution in [2.45, 2.75) is 4.90 Å². The molecular weight excluding hydrogens is 412 g/mol. The standard InChI is InChI=1S/C17H16BrClN2O2S/c1-21(2)24(22,23)15-8-9-16(19)17(11-15)20-12-14(18)10-13-6-4-3-5-7-13/h3-12H,1-2H3. The van der Waals surface area contributed by atoms with Gasteiger partial charge in [-0.2, -0.15) is 0 Å². The van der Waals surface area contributed by atoms with Crippen LogP contribution < -0.4 is 0 Å². The number of allylic oxidation sites excluding steroid dienone is 1.